The average molecular weight is 401 g/mol. The van der Waals surface area contributed by atoms with Crippen LogP contribution >= 0.6 is 0 Å². The molecular formula is C22H32N4O3. The van der Waals surface area contributed by atoms with Crippen molar-refractivity contribution in [1.82, 2.24) is 15.5 Å². The van der Waals surface area contributed by atoms with E-state index in [1.54, 1.807) is 0 Å². The minimum Gasteiger partial charge on any atom is -0.341 e. The normalized spacial score (nSPS) is 25.3. The number of hydrogen-bond acceptors (Lipinski definition) is 4. The summed E-state index contributed by atoms with van der Waals surface area (Å²) in [7, 11) is 0. The maximum Gasteiger partial charge on any atom is 0.229 e. The minimum atomic E-state index is -0.443. The molecule has 2 aliphatic rings. The molecular weight excluding hydrogens is 368 g/mol. The van der Waals surface area contributed by atoms with Crippen molar-refractivity contribution < 1.29 is 14.4 Å². The standard InChI is InChI=1S/C22H32N4O3/c1-14-11-18(27)25-19(23-14)15-7-5-9-17(12-15)24-20(28)16-8-6-10-26(13-16)21(29)22(2,3)4/h5,7,9,12,14,16,19,23H,6,8,10-11,13H2,1-4H3,(H,24,28)(H,25,27). The monoisotopic (exact) mass is 400 g/mol. The summed E-state index contributed by atoms with van der Waals surface area (Å²) in [5, 5.41) is 9.28. The smallest absolute Gasteiger partial charge is 0.229 e. The van der Waals surface area contributed by atoms with Gasteiger partial charge in [-0.3, -0.25) is 19.7 Å². The van der Waals surface area contributed by atoms with Crippen molar-refractivity contribution in [3.8, 4) is 0 Å². The first-order valence-corrected chi connectivity index (χ1v) is 10.4. The zero-order valence-electron chi connectivity index (χ0n) is 17.7. The third-order valence-corrected chi connectivity index (χ3v) is 5.46. The number of rotatable bonds is 3. The number of carbonyl (C=O) groups excluding carboxylic acids is 3. The fourth-order valence-corrected chi connectivity index (χ4v) is 3.95. The summed E-state index contributed by atoms with van der Waals surface area (Å²) in [6, 6.07) is 7.62. The van der Waals surface area contributed by atoms with Crippen LogP contribution in [0, 0.1) is 11.3 Å². The first-order valence-electron chi connectivity index (χ1n) is 10.4. The van der Waals surface area contributed by atoms with E-state index in [9.17, 15) is 14.4 Å². The van der Waals surface area contributed by atoms with Crippen molar-refractivity contribution in [3.05, 3.63) is 29.8 Å². The highest BCUT2D eigenvalue weighted by Gasteiger charge is 2.33. The topological polar surface area (TPSA) is 90.5 Å². The predicted molar refractivity (Wildman–Crippen MR) is 112 cm³/mol. The van der Waals surface area contributed by atoms with Crippen LogP contribution in [0.3, 0.4) is 0 Å². The van der Waals surface area contributed by atoms with Crippen molar-refractivity contribution in [1.29, 1.82) is 0 Å². The zero-order valence-corrected chi connectivity index (χ0v) is 17.7. The van der Waals surface area contributed by atoms with E-state index < -0.39 is 5.41 Å². The highest BCUT2D eigenvalue weighted by molar-refractivity contribution is 5.93. The third-order valence-electron chi connectivity index (χ3n) is 5.46. The molecule has 0 radical (unpaired) electrons. The molecule has 7 heteroatoms. The van der Waals surface area contributed by atoms with Gasteiger partial charge in [-0.15, -0.1) is 0 Å². The number of carbonyl (C=O) groups is 3. The summed E-state index contributed by atoms with van der Waals surface area (Å²) in [6.45, 7) is 8.86. The van der Waals surface area contributed by atoms with E-state index in [0.717, 1.165) is 18.4 Å². The fraction of sp³-hybridized carbons (Fsp3) is 0.591. The second-order valence-electron chi connectivity index (χ2n) is 9.23. The maximum absolute atomic E-state index is 12.8. The third kappa shape index (κ3) is 5.35. The van der Waals surface area contributed by atoms with E-state index in [-0.39, 0.29) is 35.8 Å². The lowest BCUT2D eigenvalue weighted by atomic mass is 9.91. The van der Waals surface area contributed by atoms with E-state index in [0.29, 0.717) is 25.2 Å². The van der Waals surface area contributed by atoms with E-state index in [2.05, 4.69) is 16.0 Å². The van der Waals surface area contributed by atoms with Crippen LogP contribution in [-0.4, -0.2) is 41.8 Å². The highest BCUT2D eigenvalue weighted by Crippen LogP contribution is 2.25. The second kappa shape index (κ2) is 8.53. The van der Waals surface area contributed by atoms with Gasteiger partial charge in [0.05, 0.1) is 5.92 Å². The average Bonchev–Trinajstić information content (AvgIpc) is 2.66. The van der Waals surface area contributed by atoms with Gasteiger partial charge in [0.2, 0.25) is 17.7 Å². The largest absolute Gasteiger partial charge is 0.341 e. The van der Waals surface area contributed by atoms with Crippen molar-refractivity contribution in [2.45, 2.75) is 59.2 Å². The summed E-state index contributed by atoms with van der Waals surface area (Å²) in [5.41, 5.74) is 1.15. The number of likely N-dealkylation sites (tertiary alicyclic amines) is 1. The number of amides is 3. The molecule has 158 valence electrons. The Labute approximate surface area is 172 Å². The van der Waals surface area contributed by atoms with Crippen LogP contribution in [0.1, 0.15) is 58.7 Å². The molecule has 2 saturated heterocycles. The molecule has 2 fully saturated rings. The van der Waals surface area contributed by atoms with Crippen LogP contribution in [0.25, 0.3) is 0 Å². The summed E-state index contributed by atoms with van der Waals surface area (Å²) in [6.07, 6.45) is 1.79. The van der Waals surface area contributed by atoms with Gasteiger partial charge in [0.25, 0.3) is 0 Å². The molecule has 3 unspecified atom stereocenters. The zero-order chi connectivity index (χ0) is 21.2. The van der Waals surface area contributed by atoms with E-state index in [1.165, 1.54) is 0 Å². The van der Waals surface area contributed by atoms with Gasteiger partial charge in [-0.25, -0.2) is 0 Å². The van der Waals surface area contributed by atoms with Gasteiger partial charge in [0, 0.05) is 36.7 Å². The predicted octanol–water partition coefficient (Wildman–Crippen LogP) is 2.41. The number of anilines is 1. The van der Waals surface area contributed by atoms with Gasteiger partial charge in [0.1, 0.15) is 6.17 Å². The Bertz CT molecular complexity index is 787. The number of benzene rings is 1. The van der Waals surface area contributed by atoms with Gasteiger partial charge < -0.3 is 15.5 Å². The molecule has 2 heterocycles. The maximum atomic E-state index is 12.8. The van der Waals surface area contributed by atoms with Crippen molar-refractivity contribution in [2.24, 2.45) is 11.3 Å². The van der Waals surface area contributed by atoms with Gasteiger partial charge in [-0.1, -0.05) is 32.9 Å². The molecule has 29 heavy (non-hydrogen) atoms. The number of nitrogens with one attached hydrogen (secondary N) is 3. The van der Waals surface area contributed by atoms with E-state index >= 15 is 0 Å². The van der Waals surface area contributed by atoms with Crippen LogP contribution in [0.5, 0.6) is 0 Å². The molecule has 2 aliphatic heterocycles. The van der Waals surface area contributed by atoms with Crippen LogP contribution in [0.15, 0.2) is 24.3 Å². The second-order valence-corrected chi connectivity index (χ2v) is 9.23. The Kier molecular flexibility index (Phi) is 6.27. The Morgan fingerprint density at radius 3 is 2.69 bits per heavy atom. The van der Waals surface area contributed by atoms with Gasteiger partial charge in [-0.2, -0.15) is 0 Å². The Balaban J connectivity index is 1.65. The fourth-order valence-electron chi connectivity index (χ4n) is 3.95. The van der Waals surface area contributed by atoms with Gasteiger partial charge in [0.15, 0.2) is 0 Å². The quantitative estimate of drug-likeness (QED) is 0.727. The highest BCUT2D eigenvalue weighted by atomic mass is 16.2. The minimum absolute atomic E-state index is 0.0153. The molecule has 0 bridgehead atoms. The molecule has 0 aromatic heterocycles. The number of piperidine rings is 1. The molecule has 3 amide bonds. The molecule has 0 spiro atoms. The summed E-state index contributed by atoms with van der Waals surface area (Å²) < 4.78 is 0. The summed E-state index contributed by atoms with van der Waals surface area (Å²) >= 11 is 0. The van der Waals surface area contributed by atoms with Crippen LogP contribution in [-0.2, 0) is 14.4 Å². The number of hydrogen-bond donors (Lipinski definition) is 3. The van der Waals surface area contributed by atoms with Crippen LogP contribution in [0.4, 0.5) is 5.69 Å². The lowest BCUT2D eigenvalue weighted by molar-refractivity contribution is -0.142. The van der Waals surface area contributed by atoms with Crippen molar-refractivity contribution in [2.75, 3.05) is 18.4 Å². The van der Waals surface area contributed by atoms with Crippen LogP contribution in [0.2, 0.25) is 0 Å². The summed E-state index contributed by atoms with van der Waals surface area (Å²) in [4.78, 5) is 39.1. The van der Waals surface area contributed by atoms with Crippen LogP contribution < -0.4 is 16.0 Å². The lowest BCUT2D eigenvalue weighted by Crippen LogP contribution is -2.49. The Hall–Kier alpha value is -2.41. The van der Waals surface area contributed by atoms with Crippen molar-refractivity contribution in [3.63, 3.8) is 0 Å². The Morgan fingerprint density at radius 2 is 2.00 bits per heavy atom. The first kappa shape index (κ1) is 21.3. The van der Waals surface area contributed by atoms with Gasteiger partial charge in [-0.05, 0) is 37.5 Å². The molecule has 3 atom stereocenters. The van der Waals surface area contributed by atoms with Gasteiger partial charge >= 0.3 is 0 Å². The molecule has 3 rings (SSSR count). The molecule has 3 N–H and O–H groups in total. The Morgan fingerprint density at radius 1 is 1.24 bits per heavy atom. The molecule has 1 aromatic rings. The first-order chi connectivity index (χ1) is 13.6. The van der Waals surface area contributed by atoms with E-state index in [1.807, 2.05) is 56.9 Å². The van der Waals surface area contributed by atoms with Crippen molar-refractivity contribution >= 4 is 23.4 Å². The molecule has 1 aromatic carbocycles. The molecule has 7 nitrogen and oxygen atoms in total. The molecule has 0 saturated carbocycles. The SMILES string of the molecule is CC1CC(=O)NC(c2cccc(NC(=O)C3CCCN(C(=O)C(C)(C)C)C3)c2)N1. The lowest BCUT2D eigenvalue weighted by Gasteiger charge is -2.36. The number of nitrogens with zero attached hydrogens (tertiary/aromatic N) is 1. The molecule has 0 aliphatic carbocycles. The van der Waals surface area contributed by atoms with E-state index in [4.69, 9.17) is 0 Å². The summed E-state index contributed by atoms with van der Waals surface area (Å²) in [5.74, 6) is -0.180.